The molecule has 0 bridgehead atoms. The van der Waals surface area contributed by atoms with Crippen molar-refractivity contribution in [1.29, 1.82) is 0 Å². The molecule has 1 saturated heterocycles. The number of Topliss-reactive ketones (excluding diaryl/α,β-unsaturated/α-hetero) is 1. The Morgan fingerprint density at radius 1 is 1.06 bits per heavy atom. The molecule has 1 aliphatic rings. The normalized spacial score (nSPS) is 14.6. The minimum absolute atomic E-state index is 0.185. The maximum atomic E-state index is 12.0. The predicted octanol–water partition coefficient (Wildman–Crippen LogP) is 6.81. The van der Waals surface area contributed by atoms with E-state index < -0.39 is 5.60 Å². The molecule has 1 heterocycles. The van der Waals surface area contributed by atoms with Crippen molar-refractivity contribution in [2.24, 2.45) is 5.92 Å². The summed E-state index contributed by atoms with van der Waals surface area (Å²) in [5.41, 5.74) is 3.25. The topological polar surface area (TPSA) is 64.6 Å². The van der Waals surface area contributed by atoms with Crippen molar-refractivity contribution in [2.45, 2.75) is 78.7 Å². The lowest BCUT2D eigenvalue weighted by Crippen LogP contribution is -2.40. The van der Waals surface area contributed by atoms with E-state index in [1.165, 1.54) is 10.5 Å². The second-order valence-corrected chi connectivity index (χ2v) is 9.91. The monoisotopic (exact) mass is 515 g/mol. The summed E-state index contributed by atoms with van der Waals surface area (Å²) < 4.78 is 10.9. The van der Waals surface area contributed by atoms with Gasteiger partial charge in [-0.1, -0.05) is 45.0 Å². The Hall–Kier alpha value is -2.31. The lowest BCUT2D eigenvalue weighted by atomic mass is 9.97. The minimum atomic E-state index is -0.973. The maximum Gasteiger partial charge on any atom is 0.349 e. The van der Waals surface area contributed by atoms with Gasteiger partial charge in [-0.05, 0) is 89.1 Å². The lowest BCUT2D eigenvalue weighted by Gasteiger charge is -2.26. The van der Waals surface area contributed by atoms with Crippen LogP contribution in [0.4, 0.5) is 0 Å². The molecule has 0 aromatic heterocycles. The van der Waals surface area contributed by atoms with E-state index >= 15 is 0 Å². The molecule has 0 spiro atoms. The fourth-order valence-electron chi connectivity index (χ4n) is 3.88. The molecule has 2 aromatic rings. The number of benzene rings is 2. The number of nitrogens with one attached hydrogen (secondary N) is 1. The highest BCUT2D eigenvalue weighted by Gasteiger charge is 2.32. The van der Waals surface area contributed by atoms with Crippen LogP contribution in [0.2, 0.25) is 0 Å². The van der Waals surface area contributed by atoms with Gasteiger partial charge in [0.1, 0.15) is 5.75 Å². The number of esters is 1. The molecule has 6 heteroatoms. The quantitative estimate of drug-likeness (QED) is 0.237. The van der Waals surface area contributed by atoms with Gasteiger partial charge in [-0.3, -0.25) is 4.79 Å². The Kier molecular flexibility index (Phi) is 13.9. The first-order chi connectivity index (χ1) is 17.1. The third-order valence-corrected chi connectivity index (χ3v) is 6.60. The van der Waals surface area contributed by atoms with Crippen LogP contribution in [0, 0.1) is 19.8 Å². The van der Waals surface area contributed by atoms with Crippen LogP contribution in [0.5, 0.6) is 5.75 Å². The van der Waals surface area contributed by atoms with Gasteiger partial charge in [0, 0.05) is 22.9 Å². The molecule has 5 nitrogen and oxygen atoms in total. The van der Waals surface area contributed by atoms with Gasteiger partial charge in [0.15, 0.2) is 11.4 Å². The van der Waals surface area contributed by atoms with Crippen LogP contribution in [-0.4, -0.2) is 43.3 Å². The van der Waals surface area contributed by atoms with Crippen molar-refractivity contribution < 1.29 is 19.1 Å². The Balaban J connectivity index is 0.000000344. The standard InChI is InChI=1S/C16H24O3.C12H15NOS.C2H6/c1-7-13-9-11(3)14(12(4)10-13)19-16(5,6)15(17)18-8-2;1-15-11-4-2-9(3-5-11)12(14)10-6-7-13-8-10;1-2/h9-10H,7-8H2,1-6H3;2-5,10,13H,6-8H2,1H3;1-2H3. The Labute approximate surface area is 222 Å². The summed E-state index contributed by atoms with van der Waals surface area (Å²) in [5.74, 6) is 0.904. The van der Waals surface area contributed by atoms with E-state index in [0.29, 0.717) is 6.61 Å². The largest absolute Gasteiger partial charge is 0.476 e. The number of hydrogen-bond acceptors (Lipinski definition) is 6. The van der Waals surface area contributed by atoms with Gasteiger partial charge in [0.05, 0.1) is 6.61 Å². The second-order valence-electron chi connectivity index (χ2n) is 9.03. The summed E-state index contributed by atoms with van der Waals surface area (Å²) in [5, 5.41) is 3.22. The van der Waals surface area contributed by atoms with Crippen LogP contribution in [-0.2, 0) is 16.0 Å². The number of rotatable bonds is 8. The number of ketones is 1. The molecule has 0 radical (unpaired) electrons. The maximum absolute atomic E-state index is 12.0. The Morgan fingerprint density at radius 2 is 1.64 bits per heavy atom. The molecule has 3 rings (SSSR count). The predicted molar refractivity (Wildman–Crippen MR) is 152 cm³/mol. The highest BCUT2D eigenvalue weighted by Crippen LogP contribution is 2.29. The van der Waals surface area contributed by atoms with Crippen molar-refractivity contribution in [3.8, 4) is 5.75 Å². The number of thioether (sulfide) groups is 1. The van der Waals surface area contributed by atoms with Crippen molar-refractivity contribution in [2.75, 3.05) is 26.0 Å². The van der Waals surface area contributed by atoms with Gasteiger partial charge >= 0.3 is 5.97 Å². The lowest BCUT2D eigenvalue weighted by molar-refractivity contribution is -0.158. The molecule has 36 heavy (non-hydrogen) atoms. The number of hydrogen-bond donors (Lipinski definition) is 1. The van der Waals surface area contributed by atoms with Crippen molar-refractivity contribution in [1.82, 2.24) is 5.32 Å². The molecular weight excluding hydrogens is 470 g/mol. The van der Waals surface area contributed by atoms with E-state index in [9.17, 15) is 9.59 Å². The minimum Gasteiger partial charge on any atom is -0.476 e. The van der Waals surface area contributed by atoms with Crippen LogP contribution in [0.25, 0.3) is 0 Å². The Morgan fingerprint density at radius 3 is 2.08 bits per heavy atom. The Bertz CT molecular complexity index is 940. The van der Waals surface area contributed by atoms with Crippen molar-refractivity contribution in [3.63, 3.8) is 0 Å². The van der Waals surface area contributed by atoms with E-state index in [1.54, 1.807) is 32.5 Å². The molecule has 0 saturated carbocycles. The molecule has 1 unspecified atom stereocenters. The van der Waals surface area contributed by atoms with Gasteiger partial charge in [-0.2, -0.15) is 0 Å². The molecule has 1 aliphatic heterocycles. The highest BCUT2D eigenvalue weighted by molar-refractivity contribution is 7.98. The van der Waals surface area contributed by atoms with Gasteiger partial charge in [-0.15, -0.1) is 11.8 Å². The summed E-state index contributed by atoms with van der Waals surface area (Å²) in [4.78, 5) is 25.1. The third kappa shape index (κ3) is 9.29. The smallest absolute Gasteiger partial charge is 0.349 e. The zero-order valence-corrected chi connectivity index (χ0v) is 24.4. The SMILES string of the molecule is CC.CCOC(=O)C(C)(C)Oc1c(C)cc(CC)cc1C.CSc1ccc(C(=O)C2CCNC2)cc1. The van der Waals surface area contributed by atoms with Gasteiger partial charge in [-0.25, -0.2) is 4.79 Å². The van der Waals surface area contributed by atoms with Crippen LogP contribution in [0.3, 0.4) is 0 Å². The van der Waals surface area contributed by atoms with Crippen LogP contribution < -0.4 is 10.1 Å². The van der Waals surface area contributed by atoms with Gasteiger partial charge in [0.2, 0.25) is 0 Å². The fourth-order valence-corrected chi connectivity index (χ4v) is 4.28. The first-order valence-corrected chi connectivity index (χ1v) is 14.2. The van der Waals surface area contributed by atoms with Crippen molar-refractivity contribution >= 4 is 23.5 Å². The molecular formula is C30H45NO4S. The van der Waals surface area contributed by atoms with E-state index in [4.69, 9.17) is 9.47 Å². The number of carbonyl (C=O) groups excluding carboxylic acids is 2. The third-order valence-electron chi connectivity index (χ3n) is 5.86. The average Bonchev–Trinajstić information content (AvgIpc) is 3.42. The van der Waals surface area contributed by atoms with Crippen LogP contribution in [0.1, 0.15) is 75.0 Å². The summed E-state index contributed by atoms with van der Waals surface area (Å²) in [6, 6.07) is 12.1. The van der Waals surface area contributed by atoms with E-state index in [-0.39, 0.29) is 17.7 Å². The van der Waals surface area contributed by atoms with Crippen molar-refractivity contribution in [3.05, 3.63) is 58.7 Å². The average molecular weight is 516 g/mol. The molecule has 200 valence electrons. The zero-order chi connectivity index (χ0) is 27.3. The van der Waals surface area contributed by atoms with Crippen LogP contribution >= 0.6 is 11.8 Å². The highest BCUT2D eigenvalue weighted by atomic mass is 32.2. The molecule has 0 aliphatic carbocycles. The molecule has 1 atom stereocenters. The molecule has 1 N–H and O–H groups in total. The van der Waals surface area contributed by atoms with E-state index in [0.717, 1.165) is 48.4 Å². The number of ether oxygens (including phenoxy) is 2. The number of carbonyl (C=O) groups is 2. The molecule has 0 amide bonds. The molecule has 1 fully saturated rings. The summed E-state index contributed by atoms with van der Waals surface area (Å²) in [6.45, 7) is 17.6. The first-order valence-electron chi connectivity index (χ1n) is 13.0. The van der Waals surface area contributed by atoms with Gasteiger partial charge < -0.3 is 14.8 Å². The zero-order valence-electron chi connectivity index (χ0n) is 23.6. The van der Waals surface area contributed by atoms with Gasteiger partial charge in [0.25, 0.3) is 0 Å². The summed E-state index contributed by atoms with van der Waals surface area (Å²) in [7, 11) is 0. The van der Waals surface area contributed by atoms with E-state index in [1.807, 2.05) is 58.2 Å². The first kappa shape index (κ1) is 31.7. The number of aryl methyl sites for hydroxylation is 3. The second kappa shape index (κ2) is 15.7. The fraction of sp³-hybridized carbons (Fsp3) is 0.533. The summed E-state index contributed by atoms with van der Waals surface area (Å²) >= 11 is 1.70. The van der Waals surface area contributed by atoms with E-state index in [2.05, 4.69) is 24.4 Å². The van der Waals surface area contributed by atoms with Crippen LogP contribution in [0.15, 0.2) is 41.3 Å². The summed E-state index contributed by atoms with van der Waals surface area (Å²) in [6.07, 6.45) is 4.00. The molecule has 2 aromatic carbocycles.